The monoisotopic (exact) mass is 317 g/mol. The Morgan fingerprint density at radius 1 is 1.09 bits per heavy atom. The van der Waals surface area contributed by atoms with E-state index in [1.54, 1.807) is 13.1 Å². The van der Waals surface area contributed by atoms with E-state index in [-0.39, 0.29) is 17.9 Å². The lowest BCUT2D eigenvalue weighted by Crippen LogP contribution is -2.48. The molecule has 1 aliphatic carbocycles. The molecule has 7 nitrogen and oxygen atoms in total. The molecular formula is C16H23N5O2. The van der Waals surface area contributed by atoms with Crippen molar-refractivity contribution < 1.29 is 9.59 Å². The van der Waals surface area contributed by atoms with E-state index in [1.807, 2.05) is 4.90 Å². The summed E-state index contributed by atoms with van der Waals surface area (Å²) in [5.74, 6) is 0.720. The lowest BCUT2D eigenvalue weighted by atomic mass is 10.2. The molecule has 2 heterocycles. The summed E-state index contributed by atoms with van der Waals surface area (Å²) in [6, 6.07) is 0.281. The van der Waals surface area contributed by atoms with Crippen LogP contribution in [-0.4, -0.2) is 58.9 Å². The van der Waals surface area contributed by atoms with E-state index in [0.717, 1.165) is 31.7 Å². The fourth-order valence-electron chi connectivity index (χ4n) is 3.18. The highest BCUT2D eigenvalue weighted by Crippen LogP contribution is 2.18. The Kier molecular flexibility index (Phi) is 4.73. The fraction of sp³-hybridized carbons (Fsp3) is 0.625. The van der Waals surface area contributed by atoms with Crippen LogP contribution in [0.4, 0.5) is 5.82 Å². The van der Waals surface area contributed by atoms with E-state index in [0.29, 0.717) is 18.8 Å². The van der Waals surface area contributed by atoms with Gasteiger partial charge in [-0.25, -0.2) is 9.97 Å². The van der Waals surface area contributed by atoms with Gasteiger partial charge in [-0.2, -0.15) is 0 Å². The number of nitrogens with one attached hydrogen (secondary N) is 1. The van der Waals surface area contributed by atoms with Gasteiger partial charge < -0.3 is 15.1 Å². The third kappa shape index (κ3) is 3.78. The Morgan fingerprint density at radius 2 is 1.78 bits per heavy atom. The number of aromatic nitrogens is 2. The lowest BCUT2D eigenvalue weighted by molar-refractivity contribution is -0.129. The molecule has 1 saturated heterocycles. The van der Waals surface area contributed by atoms with Gasteiger partial charge in [0.05, 0.1) is 12.4 Å². The van der Waals surface area contributed by atoms with Crippen molar-refractivity contribution in [1.82, 2.24) is 20.2 Å². The molecule has 0 bridgehead atoms. The van der Waals surface area contributed by atoms with Crippen molar-refractivity contribution in [3.63, 3.8) is 0 Å². The van der Waals surface area contributed by atoms with E-state index in [2.05, 4.69) is 20.2 Å². The second-order valence-electron chi connectivity index (χ2n) is 6.21. The first-order valence-electron chi connectivity index (χ1n) is 8.27. The second kappa shape index (κ2) is 6.93. The smallest absolute Gasteiger partial charge is 0.271 e. The summed E-state index contributed by atoms with van der Waals surface area (Å²) < 4.78 is 0. The molecule has 3 rings (SSSR count). The number of amides is 2. The average molecular weight is 317 g/mol. The van der Waals surface area contributed by atoms with E-state index in [9.17, 15) is 9.59 Å². The van der Waals surface area contributed by atoms with E-state index in [4.69, 9.17) is 0 Å². The first-order chi connectivity index (χ1) is 11.1. The number of nitrogens with zero attached hydrogens (tertiary/aromatic N) is 4. The summed E-state index contributed by atoms with van der Waals surface area (Å²) in [5.41, 5.74) is 0.364. The van der Waals surface area contributed by atoms with Gasteiger partial charge in [-0.3, -0.25) is 9.59 Å². The zero-order valence-electron chi connectivity index (χ0n) is 13.5. The van der Waals surface area contributed by atoms with Crippen molar-refractivity contribution in [3.8, 4) is 0 Å². The van der Waals surface area contributed by atoms with Crippen LogP contribution >= 0.6 is 0 Å². The summed E-state index contributed by atoms with van der Waals surface area (Å²) in [4.78, 5) is 36.0. The molecule has 124 valence electrons. The molecule has 7 heteroatoms. The topological polar surface area (TPSA) is 78.4 Å². The Balaban J connectivity index is 1.56. The predicted molar refractivity (Wildman–Crippen MR) is 86.2 cm³/mol. The van der Waals surface area contributed by atoms with Crippen molar-refractivity contribution in [1.29, 1.82) is 0 Å². The third-order valence-corrected chi connectivity index (χ3v) is 4.61. The van der Waals surface area contributed by atoms with Gasteiger partial charge in [0.15, 0.2) is 0 Å². The molecule has 1 aromatic rings. The molecule has 0 aromatic carbocycles. The van der Waals surface area contributed by atoms with E-state index >= 15 is 0 Å². The molecule has 23 heavy (non-hydrogen) atoms. The van der Waals surface area contributed by atoms with Crippen molar-refractivity contribution >= 4 is 17.6 Å². The van der Waals surface area contributed by atoms with Crippen LogP contribution in [-0.2, 0) is 4.79 Å². The molecule has 0 unspecified atom stereocenters. The predicted octanol–water partition coefficient (Wildman–Crippen LogP) is 0.817. The molecule has 2 amide bonds. The van der Waals surface area contributed by atoms with Crippen LogP contribution < -0.4 is 10.2 Å². The normalized spacial score (nSPS) is 19.0. The van der Waals surface area contributed by atoms with Gasteiger partial charge in [-0.1, -0.05) is 12.8 Å². The van der Waals surface area contributed by atoms with Gasteiger partial charge >= 0.3 is 0 Å². The Labute approximate surface area is 136 Å². The van der Waals surface area contributed by atoms with Crippen LogP contribution in [0.3, 0.4) is 0 Å². The number of anilines is 1. The molecular weight excluding hydrogens is 294 g/mol. The minimum absolute atomic E-state index is 0.106. The number of hydrogen-bond donors (Lipinski definition) is 1. The Morgan fingerprint density at radius 3 is 2.35 bits per heavy atom. The largest absolute Gasteiger partial charge is 0.352 e. The van der Waals surface area contributed by atoms with Crippen LogP contribution in [0.1, 0.15) is 43.1 Å². The number of carbonyl (C=O) groups excluding carboxylic acids is 2. The number of piperazine rings is 1. The van der Waals surface area contributed by atoms with Crippen LogP contribution in [0, 0.1) is 0 Å². The summed E-state index contributed by atoms with van der Waals surface area (Å²) >= 11 is 0. The summed E-state index contributed by atoms with van der Waals surface area (Å²) in [6.45, 7) is 4.46. The highest BCUT2D eigenvalue weighted by atomic mass is 16.2. The van der Waals surface area contributed by atoms with E-state index < -0.39 is 0 Å². The van der Waals surface area contributed by atoms with Crippen LogP contribution in [0.25, 0.3) is 0 Å². The molecule has 0 spiro atoms. The van der Waals surface area contributed by atoms with Gasteiger partial charge in [-0.15, -0.1) is 0 Å². The highest BCUT2D eigenvalue weighted by molar-refractivity contribution is 5.92. The molecule has 1 aliphatic heterocycles. The van der Waals surface area contributed by atoms with Crippen molar-refractivity contribution in [3.05, 3.63) is 18.1 Å². The van der Waals surface area contributed by atoms with Crippen molar-refractivity contribution in [2.75, 3.05) is 31.1 Å². The molecule has 1 saturated carbocycles. The number of hydrogen-bond acceptors (Lipinski definition) is 5. The maximum absolute atomic E-state index is 12.1. The van der Waals surface area contributed by atoms with Gasteiger partial charge in [0.2, 0.25) is 5.91 Å². The highest BCUT2D eigenvalue weighted by Gasteiger charge is 2.21. The zero-order valence-corrected chi connectivity index (χ0v) is 13.5. The minimum atomic E-state index is -0.141. The fourth-order valence-corrected chi connectivity index (χ4v) is 3.18. The maximum atomic E-state index is 12.1. The van der Waals surface area contributed by atoms with Crippen LogP contribution in [0.2, 0.25) is 0 Å². The average Bonchev–Trinajstić information content (AvgIpc) is 3.08. The first-order valence-corrected chi connectivity index (χ1v) is 8.27. The van der Waals surface area contributed by atoms with Crippen LogP contribution in [0.15, 0.2) is 12.4 Å². The summed E-state index contributed by atoms with van der Waals surface area (Å²) in [7, 11) is 0. The van der Waals surface area contributed by atoms with Gasteiger partial charge in [-0.05, 0) is 12.8 Å². The van der Waals surface area contributed by atoms with Crippen LogP contribution in [0.5, 0.6) is 0 Å². The quantitative estimate of drug-likeness (QED) is 0.893. The minimum Gasteiger partial charge on any atom is -0.352 e. The van der Waals surface area contributed by atoms with Crippen molar-refractivity contribution in [2.45, 2.75) is 38.6 Å². The second-order valence-corrected chi connectivity index (χ2v) is 6.21. The molecule has 2 fully saturated rings. The van der Waals surface area contributed by atoms with Gasteiger partial charge in [0.25, 0.3) is 5.91 Å². The Hall–Kier alpha value is -2.18. The van der Waals surface area contributed by atoms with Crippen molar-refractivity contribution in [2.24, 2.45) is 0 Å². The molecule has 0 atom stereocenters. The SMILES string of the molecule is CC(=O)N1CCN(c2cnc(C(=O)NC3CCCC3)cn2)CC1. The molecule has 1 N–H and O–H groups in total. The maximum Gasteiger partial charge on any atom is 0.271 e. The standard InChI is InChI=1S/C16H23N5O2/c1-12(22)20-6-8-21(9-7-20)15-11-17-14(10-18-15)16(23)19-13-4-2-3-5-13/h10-11,13H,2-9H2,1H3,(H,19,23). The zero-order chi connectivity index (χ0) is 16.2. The first kappa shape index (κ1) is 15.7. The van der Waals surface area contributed by atoms with Gasteiger partial charge in [0.1, 0.15) is 11.5 Å². The van der Waals surface area contributed by atoms with E-state index in [1.165, 1.54) is 19.0 Å². The summed E-state index contributed by atoms with van der Waals surface area (Å²) in [5, 5.41) is 3.01. The molecule has 2 aliphatic rings. The Bertz CT molecular complexity index is 560. The third-order valence-electron chi connectivity index (χ3n) is 4.61. The number of rotatable bonds is 3. The summed E-state index contributed by atoms with van der Waals surface area (Å²) in [6.07, 6.45) is 7.66. The number of carbonyl (C=O) groups is 2. The molecule has 0 radical (unpaired) electrons. The van der Waals surface area contributed by atoms with Gasteiger partial charge in [0, 0.05) is 39.1 Å². The lowest BCUT2D eigenvalue weighted by Gasteiger charge is -2.34. The molecule has 1 aromatic heterocycles.